The van der Waals surface area contributed by atoms with E-state index in [-0.39, 0.29) is 35.8 Å². The molecular formula is C17H31ClN2O2. The quantitative estimate of drug-likeness (QED) is 0.865. The van der Waals surface area contributed by atoms with Crippen LogP contribution in [0.3, 0.4) is 0 Å². The van der Waals surface area contributed by atoms with E-state index in [4.69, 9.17) is 10.5 Å². The average Bonchev–Trinajstić information content (AvgIpc) is 2.98. The van der Waals surface area contributed by atoms with Crippen LogP contribution in [-0.2, 0) is 9.53 Å². The molecule has 0 aromatic carbocycles. The lowest BCUT2D eigenvalue weighted by atomic mass is 9.46. The van der Waals surface area contributed by atoms with Crippen LogP contribution in [0, 0.1) is 17.3 Å². The number of fused-ring (bicyclic) bond motifs is 1. The molecule has 0 bridgehead atoms. The highest BCUT2D eigenvalue weighted by Gasteiger charge is 2.70. The summed E-state index contributed by atoms with van der Waals surface area (Å²) in [5, 5.41) is 0. The summed E-state index contributed by atoms with van der Waals surface area (Å²) in [4.78, 5) is 15.0. The van der Waals surface area contributed by atoms with Gasteiger partial charge in [0.25, 0.3) is 0 Å². The SMILES string of the molecule is CN(CC1CCCC1)C(=O)C1(N)C2CCCOC2C1(C)C.Cl. The summed E-state index contributed by atoms with van der Waals surface area (Å²) in [6.45, 7) is 5.88. The summed E-state index contributed by atoms with van der Waals surface area (Å²) in [6, 6.07) is 0. The lowest BCUT2D eigenvalue weighted by Gasteiger charge is -2.65. The second-order valence-electron chi connectivity index (χ2n) is 7.97. The third-order valence-electron chi connectivity index (χ3n) is 6.39. The molecule has 1 amide bonds. The minimum atomic E-state index is -0.745. The number of hydrogen-bond acceptors (Lipinski definition) is 3. The molecular weight excluding hydrogens is 300 g/mol. The van der Waals surface area contributed by atoms with E-state index in [9.17, 15) is 4.79 Å². The Kier molecular flexibility index (Phi) is 5.15. The molecule has 22 heavy (non-hydrogen) atoms. The topological polar surface area (TPSA) is 55.6 Å². The van der Waals surface area contributed by atoms with Gasteiger partial charge in [-0.25, -0.2) is 0 Å². The van der Waals surface area contributed by atoms with Gasteiger partial charge < -0.3 is 15.4 Å². The van der Waals surface area contributed by atoms with Crippen LogP contribution in [0.5, 0.6) is 0 Å². The Balaban J connectivity index is 0.00000176. The minimum absolute atomic E-state index is 0. The second-order valence-corrected chi connectivity index (χ2v) is 7.97. The van der Waals surface area contributed by atoms with E-state index in [1.807, 2.05) is 11.9 Å². The Morgan fingerprint density at radius 3 is 2.50 bits per heavy atom. The Bertz CT molecular complexity index is 423. The molecule has 3 atom stereocenters. The van der Waals surface area contributed by atoms with Gasteiger partial charge in [-0.15, -0.1) is 12.4 Å². The van der Waals surface area contributed by atoms with Crippen molar-refractivity contribution in [1.29, 1.82) is 0 Å². The number of halogens is 1. The maximum Gasteiger partial charge on any atom is 0.243 e. The fourth-order valence-corrected chi connectivity index (χ4v) is 4.99. The molecule has 3 aliphatic rings. The number of carbonyl (C=O) groups is 1. The fraction of sp³-hybridized carbons (Fsp3) is 0.941. The van der Waals surface area contributed by atoms with Crippen LogP contribution in [0.4, 0.5) is 0 Å². The predicted molar refractivity (Wildman–Crippen MR) is 90.0 cm³/mol. The van der Waals surface area contributed by atoms with E-state index >= 15 is 0 Å². The molecule has 0 aromatic heterocycles. The van der Waals surface area contributed by atoms with Gasteiger partial charge in [0.05, 0.1) is 6.10 Å². The Morgan fingerprint density at radius 1 is 1.23 bits per heavy atom. The molecule has 3 rings (SSSR count). The molecule has 1 heterocycles. The first-order valence-electron chi connectivity index (χ1n) is 8.55. The van der Waals surface area contributed by atoms with Crippen molar-refractivity contribution in [3.63, 3.8) is 0 Å². The largest absolute Gasteiger partial charge is 0.377 e. The van der Waals surface area contributed by atoms with Crippen molar-refractivity contribution in [2.24, 2.45) is 23.0 Å². The second kappa shape index (κ2) is 6.29. The van der Waals surface area contributed by atoms with E-state index in [1.165, 1.54) is 25.7 Å². The van der Waals surface area contributed by atoms with Gasteiger partial charge in [-0.2, -0.15) is 0 Å². The number of likely N-dealkylation sites (N-methyl/N-ethyl adjacent to an activating group) is 1. The summed E-state index contributed by atoms with van der Waals surface area (Å²) in [5.74, 6) is 0.995. The molecule has 128 valence electrons. The summed E-state index contributed by atoms with van der Waals surface area (Å²) in [6.07, 6.45) is 7.33. The van der Waals surface area contributed by atoms with Crippen LogP contribution >= 0.6 is 12.4 Å². The summed E-state index contributed by atoms with van der Waals surface area (Å²) >= 11 is 0. The molecule has 2 N–H and O–H groups in total. The maximum absolute atomic E-state index is 13.1. The third-order valence-corrected chi connectivity index (χ3v) is 6.39. The van der Waals surface area contributed by atoms with Crippen LogP contribution in [0.15, 0.2) is 0 Å². The van der Waals surface area contributed by atoms with Gasteiger partial charge in [0.1, 0.15) is 5.54 Å². The Labute approximate surface area is 140 Å². The predicted octanol–water partition coefficient (Wildman–Crippen LogP) is 2.59. The summed E-state index contributed by atoms with van der Waals surface area (Å²) in [7, 11) is 1.93. The van der Waals surface area contributed by atoms with Gasteiger partial charge in [0.2, 0.25) is 5.91 Å². The average molecular weight is 331 g/mol. The fourth-order valence-electron chi connectivity index (χ4n) is 4.99. The van der Waals surface area contributed by atoms with Gasteiger partial charge >= 0.3 is 0 Å². The van der Waals surface area contributed by atoms with Gasteiger partial charge in [-0.1, -0.05) is 26.7 Å². The highest BCUT2D eigenvalue weighted by molar-refractivity contribution is 5.89. The van der Waals surface area contributed by atoms with Crippen molar-refractivity contribution in [1.82, 2.24) is 4.90 Å². The number of ether oxygens (including phenoxy) is 1. The first-order valence-corrected chi connectivity index (χ1v) is 8.55. The van der Waals surface area contributed by atoms with Crippen molar-refractivity contribution in [3.8, 4) is 0 Å². The number of nitrogens with zero attached hydrogens (tertiary/aromatic N) is 1. The Hall–Kier alpha value is -0.320. The van der Waals surface area contributed by atoms with Crippen LogP contribution in [-0.4, -0.2) is 42.6 Å². The maximum atomic E-state index is 13.1. The van der Waals surface area contributed by atoms with Gasteiger partial charge in [-0.05, 0) is 31.6 Å². The molecule has 0 spiro atoms. The van der Waals surface area contributed by atoms with Crippen molar-refractivity contribution in [2.45, 2.75) is 64.0 Å². The van der Waals surface area contributed by atoms with E-state index in [1.54, 1.807) is 0 Å². The van der Waals surface area contributed by atoms with Gasteiger partial charge in [0, 0.05) is 31.5 Å². The molecule has 4 nitrogen and oxygen atoms in total. The minimum Gasteiger partial charge on any atom is -0.377 e. The van der Waals surface area contributed by atoms with Crippen molar-refractivity contribution in [2.75, 3.05) is 20.2 Å². The first kappa shape index (κ1) is 18.0. The van der Waals surface area contributed by atoms with Crippen molar-refractivity contribution >= 4 is 18.3 Å². The number of amides is 1. The normalized spacial score (nSPS) is 36.9. The number of hydrogen-bond donors (Lipinski definition) is 1. The zero-order valence-electron chi connectivity index (χ0n) is 14.1. The standard InChI is InChI=1S/C17H30N2O2.ClH/c1-16(2)14-13(9-6-10-21-14)17(16,18)15(20)19(3)11-12-7-4-5-8-12;/h12-14H,4-11,18H2,1-3H3;1H. The van der Waals surface area contributed by atoms with Gasteiger partial charge in [0.15, 0.2) is 0 Å². The van der Waals surface area contributed by atoms with E-state index in [0.29, 0.717) is 5.92 Å². The molecule has 5 heteroatoms. The zero-order valence-corrected chi connectivity index (χ0v) is 15.0. The number of rotatable bonds is 3. The smallest absolute Gasteiger partial charge is 0.243 e. The van der Waals surface area contributed by atoms with Crippen LogP contribution < -0.4 is 5.73 Å². The molecule has 0 aromatic rings. The molecule has 2 aliphatic carbocycles. The van der Waals surface area contributed by atoms with E-state index < -0.39 is 5.54 Å². The molecule has 3 fully saturated rings. The lowest BCUT2D eigenvalue weighted by Crippen LogP contribution is -2.82. The first-order chi connectivity index (χ1) is 9.89. The number of carbonyl (C=O) groups excluding carboxylic acids is 1. The van der Waals surface area contributed by atoms with Crippen LogP contribution in [0.2, 0.25) is 0 Å². The molecule has 1 aliphatic heterocycles. The third kappa shape index (κ3) is 2.47. The monoisotopic (exact) mass is 330 g/mol. The van der Waals surface area contributed by atoms with Crippen LogP contribution in [0.1, 0.15) is 52.4 Å². The zero-order chi connectivity index (χ0) is 15.3. The molecule has 3 unspecified atom stereocenters. The molecule has 2 saturated carbocycles. The summed E-state index contributed by atoms with van der Waals surface area (Å²) in [5.41, 5.74) is 5.67. The number of nitrogens with two attached hydrogens (primary N) is 1. The van der Waals surface area contributed by atoms with Crippen molar-refractivity contribution in [3.05, 3.63) is 0 Å². The highest BCUT2D eigenvalue weighted by Crippen LogP contribution is 2.57. The molecule has 0 radical (unpaired) electrons. The van der Waals surface area contributed by atoms with Crippen molar-refractivity contribution < 1.29 is 9.53 Å². The van der Waals surface area contributed by atoms with E-state index in [0.717, 1.165) is 26.0 Å². The van der Waals surface area contributed by atoms with Crippen LogP contribution in [0.25, 0.3) is 0 Å². The highest BCUT2D eigenvalue weighted by atomic mass is 35.5. The molecule has 1 saturated heterocycles. The lowest BCUT2D eigenvalue weighted by molar-refractivity contribution is -0.229. The Morgan fingerprint density at radius 2 is 1.86 bits per heavy atom. The summed E-state index contributed by atoms with van der Waals surface area (Å²) < 4.78 is 5.90. The van der Waals surface area contributed by atoms with Gasteiger partial charge in [-0.3, -0.25) is 4.79 Å². The van der Waals surface area contributed by atoms with E-state index in [2.05, 4.69) is 13.8 Å².